The van der Waals surface area contributed by atoms with Crippen LogP contribution in [0.3, 0.4) is 0 Å². The number of hydrogen-bond acceptors (Lipinski definition) is 7. The molecule has 7 nitrogen and oxygen atoms in total. The van der Waals surface area contributed by atoms with E-state index in [0.717, 1.165) is 44.2 Å². The molecule has 2 heterocycles. The summed E-state index contributed by atoms with van der Waals surface area (Å²) in [4.78, 5) is 17.1. The molecule has 0 radical (unpaired) electrons. The topological polar surface area (TPSA) is 81.9 Å². The van der Waals surface area contributed by atoms with Gasteiger partial charge < -0.3 is 10.1 Å². The molecular weight excluding hydrogens is 466 g/mol. The van der Waals surface area contributed by atoms with E-state index in [4.69, 9.17) is 4.74 Å². The number of rotatable bonds is 10. The van der Waals surface area contributed by atoms with Crippen LogP contribution in [0.5, 0.6) is 5.75 Å². The predicted molar refractivity (Wildman–Crippen MR) is 137 cm³/mol. The zero-order valence-electron chi connectivity index (χ0n) is 19.0. The standard InChI is InChI=1S/C25H25N5O2S2/c1-4-13-30-24(18-9-11-20(32-3)12-10-18)28-29-25(30)34-16-19-15-33-23(26-19)14-22(31)27-21-8-6-5-7-17(21)2/h4-12,15H,1,13-14,16H2,2-3H3,(H,27,31). The minimum absolute atomic E-state index is 0.0716. The van der Waals surface area contributed by atoms with Crippen LogP contribution in [0.2, 0.25) is 0 Å². The number of carbonyl (C=O) groups excluding carboxylic acids is 1. The molecule has 9 heteroatoms. The average molecular weight is 492 g/mol. The average Bonchev–Trinajstić information content (AvgIpc) is 3.46. The van der Waals surface area contributed by atoms with Crippen LogP contribution >= 0.6 is 23.1 Å². The van der Waals surface area contributed by atoms with Gasteiger partial charge >= 0.3 is 0 Å². The van der Waals surface area contributed by atoms with Crippen LogP contribution in [0.1, 0.15) is 16.3 Å². The maximum atomic E-state index is 12.4. The molecule has 1 amide bonds. The molecule has 0 aliphatic rings. The second-order valence-electron chi connectivity index (χ2n) is 7.50. The summed E-state index contributed by atoms with van der Waals surface area (Å²) in [5.74, 6) is 2.13. The molecule has 0 aliphatic carbocycles. The number of nitrogens with zero attached hydrogens (tertiary/aromatic N) is 4. The zero-order chi connectivity index (χ0) is 23.9. The second kappa shape index (κ2) is 11.1. The third kappa shape index (κ3) is 5.73. The van der Waals surface area contributed by atoms with Crippen molar-refractivity contribution >= 4 is 34.7 Å². The summed E-state index contributed by atoms with van der Waals surface area (Å²) in [6.07, 6.45) is 2.08. The first kappa shape index (κ1) is 23.7. The Bertz CT molecular complexity index is 1280. The van der Waals surface area contributed by atoms with E-state index < -0.39 is 0 Å². The molecule has 4 aromatic rings. The van der Waals surface area contributed by atoms with Crippen molar-refractivity contribution in [1.29, 1.82) is 0 Å². The number of methoxy groups -OCH3 is 1. The number of nitrogens with one attached hydrogen (secondary N) is 1. The van der Waals surface area contributed by atoms with Gasteiger partial charge in [-0.25, -0.2) is 4.98 Å². The molecule has 0 fully saturated rings. The summed E-state index contributed by atoms with van der Waals surface area (Å²) >= 11 is 3.05. The number of aromatic nitrogens is 4. The smallest absolute Gasteiger partial charge is 0.231 e. The molecule has 0 aliphatic heterocycles. The highest BCUT2D eigenvalue weighted by Crippen LogP contribution is 2.28. The lowest BCUT2D eigenvalue weighted by atomic mass is 10.2. The Kier molecular flexibility index (Phi) is 7.76. The van der Waals surface area contributed by atoms with Crippen LogP contribution in [-0.2, 0) is 23.5 Å². The van der Waals surface area contributed by atoms with Gasteiger partial charge in [-0.1, -0.05) is 36.0 Å². The summed E-state index contributed by atoms with van der Waals surface area (Å²) < 4.78 is 7.27. The van der Waals surface area contributed by atoms with Crippen LogP contribution in [0, 0.1) is 6.92 Å². The molecule has 1 N–H and O–H groups in total. The summed E-state index contributed by atoms with van der Waals surface area (Å²) in [5.41, 5.74) is 3.73. The maximum Gasteiger partial charge on any atom is 0.231 e. The maximum absolute atomic E-state index is 12.4. The monoisotopic (exact) mass is 491 g/mol. The highest BCUT2D eigenvalue weighted by atomic mass is 32.2. The van der Waals surface area contributed by atoms with Crippen LogP contribution < -0.4 is 10.1 Å². The molecule has 2 aromatic heterocycles. The lowest BCUT2D eigenvalue weighted by molar-refractivity contribution is -0.115. The Morgan fingerprint density at radius 3 is 2.74 bits per heavy atom. The molecule has 0 unspecified atom stereocenters. The summed E-state index contributed by atoms with van der Waals surface area (Å²) in [7, 11) is 1.64. The van der Waals surface area contributed by atoms with Gasteiger partial charge in [-0.3, -0.25) is 9.36 Å². The second-order valence-corrected chi connectivity index (χ2v) is 9.38. The third-order valence-corrected chi connectivity index (χ3v) is 6.95. The quantitative estimate of drug-likeness (QED) is 0.237. The molecule has 0 saturated carbocycles. The van der Waals surface area contributed by atoms with Gasteiger partial charge in [-0.2, -0.15) is 0 Å². The van der Waals surface area contributed by atoms with E-state index in [1.54, 1.807) is 18.9 Å². The minimum atomic E-state index is -0.0716. The number of ether oxygens (including phenoxy) is 1. The third-order valence-electron chi connectivity index (χ3n) is 5.06. The molecule has 0 atom stereocenters. The van der Waals surface area contributed by atoms with Gasteiger partial charge in [-0.05, 0) is 42.8 Å². The van der Waals surface area contributed by atoms with Crippen LogP contribution in [0.25, 0.3) is 11.4 Å². The van der Waals surface area contributed by atoms with Crippen molar-refractivity contribution in [3.63, 3.8) is 0 Å². The Hall–Kier alpha value is -3.43. The van der Waals surface area contributed by atoms with Gasteiger partial charge in [0.15, 0.2) is 11.0 Å². The number of benzene rings is 2. The number of anilines is 1. The minimum Gasteiger partial charge on any atom is -0.497 e. The Morgan fingerprint density at radius 2 is 2.00 bits per heavy atom. The van der Waals surface area contributed by atoms with Crippen molar-refractivity contribution in [2.75, 3.05) is 12.4 Å². The van der Waals surface area contributed by atoms with E-state index in [-0.39, 0.29) is 12.3 Å². The number of aryl methyl sites for hydroxylation is 1. The largest absolute Gasteiger partial charge is 0.497 e. The lowest BCUT2D eigenvalue weighted by Crippen LogP contribution is -2.15. The van der Waals surface area contributed by atoms with Crippen LogP contribution in [0.4, 0.5) is 5.69 Å². The number of para-hydroxylation sites is 1. The van der Waals surface area contributed by atoms with Gasteiger partial charge in [-0.15, -0.1) is 28.1 Å². The number of amides is 1. The van der Waals surface area contributed by atoms with Crippen molar-refractivity contribution in [3.05, 3.63) is 82.8 Å². The van der Waals surface area contributed by atoms with Crippen LogP contribution in [0.15, 0.2) is 71.7 Å². The first-order valence-electron chi connectivity index (χ1n) is 10.7. The molecular formula is C25H25N5O2S2. The van der Waals surface area contributed by atoms with Gasteiger partial charge in [0.25, 0.3) is 0 Å². The number of thioether (sulfide) groups is 1. The molecule has 0 bridgehead atoms. The van der Waals surface area contributed by atoms with E-state index >= 15 is 0 Å². The van der Waals surface area contributed by atoms with E-state index in [1.807, 2.05) is 71.5 Å². The Balaban J connectivity index is 1.40. The Morgan fingerprint density at radius 1 is 1.21 bits per heavy atom. The van der Waals surface area contributed by atoms with E-state index in [2.05, 4.69) is 27.1 Å². The normalized spacial score (nSPS) is 10.8. The first-order valence-corrected chi connectivity index (χ1v) is 12.5. The molecule has 0 saturated heterocycles. The van der Waals surface area contributed by atoms with Gasteiger partial charge in [0.1, 0.15) is 10.8 Å². The summed E-state index contributed by atoms with van der Waals surface area (Å²) in [5, 5.41) is 15.3. The van der Waals surface area contributed by atoms with Gasteiger partial charge in [0.05, 0.1) is 19.2 Å². The molecule has 2 aromatic carbocycles. The first-order chi connectivity index (χ1) is 16.6. The van der Waals surface area contributed by atoms with Crippen LogP contribution in [-0.4, -0.2) is 32.8 Å². The van der Waals surface area contributed by atoms with Gasteiger partial charge in [0.2, 0.25) is 5.91 Å². The fourth-order valence-electron chi connectivity index (χ4n) is 3.32. The fraction of sp³-hybridized carbons (Fsp3) is 0.200. The predicted octanol–water partition coefficient (Wildman–Crippen LogP) is 5.38. The molecule has 34 heavy (non-hydrogen) atoms. The summed E-state index contributed by atoms with van der Waals surface area (Å²) in [6.45, 7) is 6.44. The fourth-order valence-corrected chi connectivity index (χ4v) is 5.06. The number of allylic oxidation sites excluding steroid dienone is 1. The van der Waals surface area contributed by atoms with Crippen molar-refractivity contribution in [2.24, 2.45) is 0 Å². The van der Waals surface area contributed by atoms with E-state index in [0.29, 0.717) is 12.3 Å². The lowest BCUT2D eigenvalue weighted by Gasteiger charge is -2.08. The SMILES string of the molecule is C=CCn1c(SCc2csc(CC(=O)Nc3ccccc3C)n2)nnc1-c1ccc(OC)cc1. The number of thiazole rings is 1. The molecule has 174 valence electrons. The van der Waals surface area contributed by atoms with Crippen molar-refractivity contribution in [3.8, 4) is 17.1 Å². The highest BCUT2D eigenvalue weighted by molar-refractivity contribution is 7.98. The van der Waals surface area contributed by atoms with Crippen molar-refractivity contribution in [1.82, 2.24) is 19.7 Å². The van der Waals surface area contributed by atoms with Gasteiger partial charge in [0, 0.05) is 28.9 Å². The van der Waals surface area contributed by atoms with Crippen molar-refractivity contribution in [2.45, 2.75) is 30.8 Å². The molecule has 4 rings (SSSR count). The van der Waals surface area contributed by atoms with E-state index in [9.17, 15) is 4.79 Å². The number of carbonyl (C=O) groups is 1. The number of hydrogen-bond donors (Lipinski definition) is 1. The van der Waals surface area contributed by atoms with E-state index in [1.165, 1.54) is 11.3 Å². The zero-order valence-corrected chi connectivity index (χ0v) is 20.7. The molecule has 0 spiro atoms. The summed E-state index contributed by atoms with van der Waals surface area (Å²) in [6, 6.07) is 15.5. The Labute approximate surface area is 206 Å². The highest BCUT2D eigenvalue weighted by Gasteiger charge is 2.15. The van der Waals surface area contributed by atoms with Crippen molar-refractivity contribution < 1.29 is 9.53 Å².